The monoisotopic (exact) mass is 504 g/mol. The summed E-state index contributed by atoms with van der Waals surface area (Å²) in [7, 11) is 0. The van der Waals surface area contributed by atoms with Crippen LogP contribution in [0.2, 0.25) is 0 Å². The van der Waals surface area contributed by atoms with Crippen LogP contribution in [0.15, 0.2) is 89.0 Å². The van der Waals surface area contributed by atoms with Crippen LogP contribution in [0.1, 0.15) is 22.7 Å². The second-order valence-corrected chi connectivity index (χ2v) is 9.73. The molecule has 2 aromatic carbocycles. The van der Waals surface area contributed by atoms with Gasteiger partial charge in [-0.2, -0.15) is 0 Å². The molecular formula is C25H17FN4O3S2. The Hall–Kier alpha value is -3.89. The van der Waals surface area contributed by atoms with Gasteiger partial charge in [0.15, 0.2) is 4.34 Å². The number of carbonyl (C=O) groups is 2. The predicted octanol–water partition coefficient (Wildman–Crippen LogP) is 4.99. The topological polar surface area (TPSA) is 96.3 Å². The highest BCUT2D eigenvalue weighted by molar-refractivity contribution is 8.00. The summed E-state index contributed by atoms with van der Waals surface area (Å²) >= 11 is 2.39. The second kappa shape index (κ2) is 9.77. The summed E-state index contributed by atoms with van der Waals surface area (Å²) in [5, 5.41) is 19.5. The molecule has 0 aliphatic carbocycles. The lowest BCUT2D eigenvalue weighted by Crippen LogP contribution is -2.29. The minimum absolute atomic E-state index is 0.0510. The molecule has 1 saturated heterocycles. The highest BCUT2D eigenvalue weighted by Gasteiger charge is 2.48. The molecule has 7 nitrogen and oxygen atoms in total. The van der Waals surface area contributed by atoms with E-state index in [9.17, 15) is 19.1 Å². The molecule has 0 saturated carbocycles. The Bertz CT molecular complexity index is 1430. The van der Waals surface area contributed by atoms with Crippen molar-refractivity contribution in [2.24, 2.45) is 0 Å². The van der Waals surface area contributed by atoms with Crippen molar-refractivity contribution in [3.8, 4) is 0 Å². The number of hydrogen-bond donors (Lipinski definition) is 1. The highest BCUT2D eigenvalue weighted by Crippen LogP contribution is 2.43. The number of Topliss-reactive ketones (excluding diaryl/α,β-unsaturated/α-hetero) is 1. The van der Waals surface area contributed by atoms with Gasteiger partial charge < -0.3 is 5.11 Å². The molecular weight excluding hydrogens is 487 g/mol. The van der Waals surface area contributed by atoms with Crippen LogP contribution in [0.4, 0.5) is 9.52 Å². The number of carbonyl (C=O) groups excluding carboxylic acids is 2. The SMILES string of the molecule is O=C1C(=O)N(c2nnc(SCc3ccccc3F)s2)[C@@H](c2cccnc2)/C1=C(\O)c1ccccc1. The summed E-state index contributed by atoms with van der Waals surface area (Å²) in [5.41, 5.74) is 1.43. The standard InChI is InChI=1S/C25H17FN4O3S2/c26-18-11-5-4-9-17(18)14-34-25-29-28-24(35-25)30-20(16-10-6-12-27-13-16)19(22(32)23(30)33)21(31)15-7-2-1-3-8-15/h1-13,20,31H,14H2/b21-19+/t20-/m0/s1. The van der Waals surface area contributed by atoms with Crippen LogP contribution in [0.5, 0.6) is 0 Å². The van der Waals surface area contributed by atoms with E-state index in [1.165, 1.54) is 28.9 Å². The van der Waals surface area contributed by atoms with Crippen molar-refractivity contribution in [1.29, 1.82) is 0 Å². The van der Waals surface area contributed by atoms with Crippen LogP contribution in [-0.4, -0.2) is 32.0 Å². The number of amides is 1. The third-order valence-corrected chi connectivity index (χ3v) is 7.51. The number of ketones is 1. The molecule has 1 N–H and O–H groups in total. The van der Waals surface area contributed by atoms with Gasteiger partial charge in [-0.25, -0.2) is 4.39 Å². The van der Waals surface area contributed by atoms with E-state index in [4.69, 9.17) is 0 Å². The van der Waals surface area contributed by atoms with Crippen LogP contribution in [0.25, 0.3) is 5.76 Å². The number of anilines is 1. The Morgan fingerprint density at radius 2 is 1.80 bits per heavy atom. The maximum absolute atomic E-state index is 14.0. The quantitative estimate of drug-likeness (QED) is 0.130. The number of thioether (sulfide) groups is 1. The maximum Gasteiger partial charge on any atom is 0.301 e. The molecule has 174 valence electrons. The van der Waals surface area contributed by atoms with E-state index in [-0.39, 0.29) is 22.3 Å². The zero-order valence-electron chi connectivity index (χ0n) is 18.0. The molecule has 2 aromatic heterocycles. The number of halogens is 1. The molecule has 0 bridgehead atoms. The van der Waals surface area contributed by atoms with Gasteiger partial charge in [0.25, 0.3) is 5.78 Å². The lowest BCUT2D eigenvalue weighted by atomic mass is 9.96. The van der Waals surface area contributed by atoms with E-state index in [1.54, 1.807) is 66.9 Å². The minimum Gasteiger partial charge on any atom is -0.507 e. The average molecular weight is 505 g/mol. The van der Waals surface area contributed by atoms with Gasteiger partial charge in [-0.05, 0) is 23.3 Å². The van der Waals surface area contributed by atoms with E-state index in [0.29, 0.717) is 26.8 Å². The van der Waals surface area contributed by atoms with Crippen LogP contribution < -0.4 is 4.90 Å². The van der Waals surface area contributed by atoms with Crippen molar-refractivity contribution in [3.05, 3.63) is 107 Å². The Kier molecular flexibility index (Phi) is 6.39. The smallest absolute Gasteiger partial charge is 0.301 e. The number of hydrogen-bond acceptors (Lipinski definition) is 8. The normalized spacial score (nSPS) is 17.2. The minimum atomic E-state index is -0.929. The fourth-order valence-electron chi connectivity index (χ4n) is 3.75. The molecule has 4 aromatic rings. The van der Waals surface area contributed by atoms with Crippen LogP contribution in [0, 0.1) is 5.82 Å². The summed E-state index contributed by atoms with van der Waals surface area (Å²) in [6.07, 6.45) is 3.12. The first-order valence-electron chi connectivity index (χ1n) is 10.5. The Labute approximate surface area is 208 Å². The fraction of sp³-hybridized carbons (Fsp3) is 0.0800. The Morgan fingerprint density at radius 3 is 2.54 bits per heavy atom. The number of pyridine rings is 1. The van der Waals surface area contributed by atoms with Crippen molar-refractivity contribution >= 4 is 45.7 Å². The van der Waals surface area contributed by atoms with Crippen molar-refractivity contribution in [2.45, 2.75) is 16.1 Å². The van der Waals surface area contributed by atoms with Crippen molar-refractivity contribution < 1.29 is 19.1 Å². The third kappa shape index (κ3) is 4.45. The molecule has 35 heavy (non-hydrogen) atoms. The highest BCUT2D eigenvalue weighted by atomic mass is 32.2. The van der Waals surface area contributed by atoms with Gasteiger partial charge in [-0.15, -0.1) is 10.2 Å². The molecule has 3 heterocycles. The number of rotatable bonds is 6. The number of aliphatic hydroxyl groups is 1. The first-order valence-corrected chi connectivity index (χ1v) is 12.3. The van der Waals surface area contributed by atoms with E-state index in [2.05, 4.69) is 15.2 Å². The van der Waals surface area contributed by atoms with Crippen molar-refractivity contribution in [2.75, 3.05) is 4.90 Å². The molecule has 5 rings (SSSR count). The Morgan fingerprint density at radius 1 is 1.03 bits per heavy atom. The number of aliphatic hydroxyl groups excluding tert-OH is 1. The van der Waals surface area contributed by atoms with Crippen molar-refractivity contribution in [3.63, 3.8) is 0 Å². The Balaban J connectivity index is 1.52. The molecule has 1 amide bonds. The summed E-state index contributed by atoms with van der Waals surface area (Å²) in [6, 6.07) is 17.5. The molecule has 1 fully saturated rings. The number of aromatic nitrogens is 3. The molecule has 1 atom stereocenters. The largest absolute Gasteiger partial charge is 0.507 e. The average Bonchev–Trinajstić information content (AvgIpc) is 3.46. The summed E-state index contributed by atoms with van der Waals surface area (Å²) in [4.78, 5) is 31.6. The first kappa shape index (κ1) is 22.9. The maximum atomic E-state index is 14.0. The lowest BCUT2D eigenvalue weighted by Gasteiger charge is -2.22. The van der Waals surface area contributed by atoms with E-state index >= 15 is 0 Å². The van der Waals surface area contributed by atoms with Gasteiger partial charge >= 0.3 is 5.91 Å². The second-order valence-electron chi connectivity index (χ2n) is 7.55. The predicted molar refractivity (Wildman–Crippen MR) is 131 cm³/mol. The fourth-order valence-corrected chi connectivity index (χ4v) is 5.60. The van der Waals surface area contributed by atoms with Gasteiger partial charge in [-0.1, -0.05) is 77.7 Å². The first-order chi connectivity index (χ1) is 17.0. The van der Waals surface area contributed by atoms with Crippen LogP contribution in [0.3, 0.4) is 0 Å². The van der Waals surface area contributed by atoms with E-state index < -0.39 is 17.7 Å². The third-order valence-electron chi connectivity index (χ3n) is 5.40. The summed E-state index contributed by atoms with van der Waals surface area (Å²) in [5.74, 6) is -1.90. The van der Waals surface area contributed by atoms with Gasteiger partial charge in [0, 0.05) is 23.7 Å². The lowest BCUT2D eigenvalue weighted by molar-refractivity contribution is -0.132. The van der Waals surface area contributed by atoms with Gasteiger partial charge in [0.05, 0.1) is 11.6 Å². The summed E-state index contributed by atoms with van der Waals surface area (Å²) in [6.45, 7) is 0. The van der Waals surface area contributed by atoms with Crippen molar-refractivity contribution in [1.82, 2.24) is 15.2 Å². The van der Waals surface area contributed by atoms with Crippen LogP contribution >= 0.6 is 23.1 Å². The molecule has 0 unspecified atom stereocenters. The molecule has 0 radical (unpaired) electrons. The zero-order chi connectivity index (χ0) is 24.4. The van der Waals surface area contributed by atoms with Gasteiger partial charge in [0.1, 0.15) is 11.6 Å². The van der Waals surface area contributed by atoms with E-state index in [1.807, 2.05) is 0 Å². The van der Waals surface area contributed by atoms with Gasteiger partial charge in [-0.3, -0.25) is 19.5 Å². The number of benzene rings is 2. The molecule has 1 aliphatic rings. The van der Waals surface area contributed by atoms with Crippen LogP contribution in [-0.2, 0) is 15.3 Å². The van der Waals surface area contributed by atoms with Gasteiger partial charge in [0.2, 0.25) is 5.13 Å². The zero-order valence-corrected chi connectivity index (χ0v) is 19.7. The van der Waals surface area contributed by atoms with E-state index in [0.717, 1.165) is 11.3 Å². The molecule has 1 aliphatic heterocycles. The molecule has 10 heteroatoms. The molecule has 0 spiro atoms. The number of nitrogens with zero attached hydrogens (tertiary/aromatic N) is 4. The summed E-state index contributed by atoms with van der Waals surface area (Å²) < 4.78 is 14.5.